The second-order valence-corrected chi connectivity index (χ2v) is 8.20. The number of nitrogens with zero attached hydrogens (tertiary/aromatic N) is 3. The molecule has 3 heterocycles. The van der Waals surface area contributed by atoms with E-state index in [1.807, 2.05) is 24.8 Å². The number of aliphatic hydroxyl groups is 1. The van der Waals surface area contributed by atoms with Crippen molar-refractivity contribution in [1.82, 2.24) is 14.9 Å². The Bertz CT molecular complexity index is 911. The minimum atomic E-state index is 0.204. The zero-order valence-electron chi connectivity index (χ0n) is 17.4. The number of H-pyrrole nitrogens is 1. The summed E-state index contributed by atoms with van der Waals surface area (Å²) >= 11 is 0. The molecule has 29 heavy (non-hydrogen) atoms. The van der Waals surface area contributed by atoms with Gasteiger partial charge in [0.05, 0.1) is 29.3 Å². The van der Waals surface area contributed by atoms with Gasteiger partial charge in [-0.25, -0.2) is 4.98 Å². The SMILES string of the molecule is CC(C)OCCCN1CC(O)=C(c2nc3ccc(N4CCCCC4)cc3[nH]2)C1=N. The average molecular weight is 398 g/mol. The Kier molecular flexibility index (Phi) is 5.76. The topological polar surface area (TPSA) is 88.5 Å². The summed E-state index contributed by atoms with van der Waals surface area (Å²) < 4.78 is 5.58. The predicted octanol–water partition coefficient (Wildman–Crippen LogP) is 3.93. The number of benzene rings is 1. The van der Waals surface area contributed by atoms with E-state index in [-0.39, 0.29) is 11.9 Å². The van der Waals surface area contributed by atoms with Crippen LogP contribution in [-0.2, 0) is 4.74 Å². The maximum atomic E-state index is 10.5. The number of ether oxygens (including phenoxy) is 1. The van der Waals surface area contributed by atoms with Gasteiger partial charge in [-0.15, -0.1) is 0 Å². The summed E-state index contributed by atoms with van der Waals surface area (Å²) in [7, 11) is 0. The third-order valence-electron chi connectivity index (χ3n) is 5.63. The Morgan fingerprint density at radius 3 is 2.79 bits per heavy atom. The molecule has 2 aliphatic rings. The zero-order valence-corrected chi connectivity index (χ0v) is 17.4. The fourth-order valence-electron chi connectivity index (χ4n) is 4.11. The number of aromatic amines is 1. The van der Waals surface area contributed by atoms with E-state index in [1.165, 1.54) is 24.9 Å². The molecule has 0 aliphatic carbocycles. The summed E-state index contributed by atoms with van der Waals surface area (Å²) in [6, 6.07) is 6.28. The van der Waals surface area contributed by atoms with Crippen LogP contribution in [-0.4, -0.2) is 64.7 Å². The van der Waals surface area contributed by atoms with E-state index in [1.54, 1.807) is 0 Å². The summed E-state index contributed by atoms with van der Waals surface area (Å²) in [4.78, 5) is 12.3. The first-order valence-electron chi connectivity index (χ1n) is 10.7. The predicted molar refractivity (Wildman–Crippen MR) is 117 cm³/mol. The zero-order chi connectivity index (χ0) is 20.4. The molecule has 0 saturated carbocycles. The Balaban J connectivity index is 1.48. The molecule has 0 radical (unpaired) electrons. The third-order valence-corrected chi connectivity index (χ3v) is 5.63. The molecule has 0 bridgehead atoms. The van der Waals surface area contributed by atoms with Gasteiger partial charge in [0.2, 0.25) is 0 Å². The molecule has 1 saturated heterocycles. The summed E-state index contributed by atoms with van der Waals surface area (Å²) in [6.45, 7) is 7.91. The van der Waals surface area contributed by atoms with Crippen LogP contribution in [0.1, 0.15) is 45.4 Å². The van der Waals surface area contributed by atoms with Crippen LogP contribution in [0, 0.1) is 5.41 Å². The van der Waals surface area contributed by atoms with Gasteiger partial charge in [0.15, 0.2) is 0 Å². The first-order valence-corrected chi connectivity index (χ1v) is 10.7. The highest BCUT2D eigenvalue weighted by molar-refractivity contribution is 6.23. The van der Waals surface area contributed by atoms with Crippen LogP contribution in [0.3, 0.4) is 0 Å². The average Bonchev–Trinajstić information content (AvgIpc) is 3.25. The van der Waals surface area contributed by atoms with Crippen molar-refractivity contribution in [2.45, 2.75) is 45.6 Å². The fourth-order valence-corrected chi connectivity index (χ4v) is 4.11. The molecule has 2 aliphatic heterocycles. The van der Waals surface area contributed by atoms with Crippen molar-refractivity contribution in [3.05, 3.63) is 29.8 Å². The Hall–Kier alpha value is -2.54. The number of imidazole rings is 1. The summed E-state index contributed by atoms with van der Waals surface area (Å²) in [5.74, 6) is 1.09. The number of aliphatic hydroxyl groups excluding tert-OH is 1. The number of aromatic nitrogens is 2. The Morgan fingerprint density at radius 1 is 1.24 bits per heavy atom. The van der Waals surface area contributed by atoms with E-state index in [0.29, 0.717) is 36.9 Å². The molecule has 4 rings (SSSR count). The lowest BCUT2D eigenvalue weighted by Gasteiger charge is -2.28. The van der Waals surface area contributed by atoms with Gasteiger partial charge in [-0.3, -0.25) is 5.41 Å². The number of anilines is 1. The molecule has 3 N–H and O–H groups in total. The molecule has 0 atom stereocenters. The minimum Gasteiger partial charge on any atom is -0.510 e. The molecular formula is C22H31N5O2. The highest BCUT2D eigenvalue weighted by atomic mass is 16.5. The molecule has 1 aromatic heterocycles. The number of piperidine rings is 1. The van der Waals surface area contributed by atoms with E-state index >= 15 is 0 Å². The van der Waals surface area contributed by atoms with Gasteiger partial charge in [-0.1, -0.05) is 0 Å². The highest BCUT2D eigenvalue weighted by Crippen LogP contribution is 2.29. The Labute approximate surface area is 171 Å². The molecule has 0 unspecified atom stereocenters. The number of rotatable bonds is 7. The largest absolute Gasteiger partial charge is 0.510 e. The minimum absolute atomic E-state index is 0.204. The second-order valence-electron chi connectivity index (χ2n) is 8.20. The van der Waals surface area contributed by atoms with Crippen LogP contribution >= 0.6 is 0 Å². The van der Waals surface area contributed by atoms with E-state index in [4.69, 9.17) is 10.1 Å². The van der Waals surface area contributed by atoms with Gasteiger partial charge < -0.3 is 24.6 Å². The molecule has 1 aromatic carbocycles. The first-order chi connectivity index (χ1) is 14.0. The third kappa shape index (κ3) is 4.24. The number of hydrogen-bond acceptors (Lipinski definition) is 5. The standard InChI is InChI=1S/C22H31N5O2/c1-15(2)29-12-6-11-27-14-19(28)20(21(27)23)22-24-17-8-7-16(13-18(17)25-22)26-9-4-3-5-10-26/h7-8,13,15,23,28H,3-6,9-12,14H2,1-2H3,(H,24,25). The van der Waals surface area contributed by atoms with E-state index < -0.39 is 0 Å². The van der Waals surface area contributed by atoms with Crippen molar-refractivity contribution in [2.24, 2.45) is 0 Å². The van der Waals surface area contributed by atoms with Crippen molar-refractivity contribution in [1.29, 1.82) is 5.41 Å². The van der Waals surface area contributed by atoms with Crippen molar-refractivity contribution in [3.8, 4) is 0 Å². The number of nitrogens with one attached hydrogen (secondary N) is 2. The van der Waals surface area contributed by atoms with Crippen molar-refractivity contribution in [2.75, 3.05) is 37.7 Å². The molecule has 0 amide bonds. The first kappa shape index (κ1) is 19.8. The normalized spacial score (nSPS) is 18.0. The maximum absolute atomic E-state index is 10.5. The summed E-state index contributed by atoms with van der Waals surface area (Å²) in [6.07, 6.45) is 4.81. The number of amidine groups is 1. The highest BCUT2D eigenvalue weighted by Gasteiger charge is 2.30. The lowest BCUT2D eigenvalue weighted by atomic mass is 10.1. The van der Waals surface area contributed by atoms with Crippen molar-refractivity contribution < 1.29 is 9.84 Å². The smallest absolute Gasteiger partial charge is 0.145 e. The lowest BCUT2D eigenvalue weighted by molar-refractivity contribution is 0.0742. The quantitative estimate of drug-likeness (QED) is 0.616. The van der Waals surface area contributed by atoms with Gasteiger partial charge in [-0.2, -0.15) is 0 Å². The van der Waals surface area contributed by atoms with Gasteiger partial charge in [-0.05, 0) is 57.7 Å². The van der Waals surface area contributed by atoms with Crippen molar-refractivity contribution >= 4 is 28.1 Å². The van der Waals surface area contributed by atoms with Crippen LogP contribution in [0.15, 0.2) is 24.0 Å². The summed E-state index contributed by atoms with van der Waals surface area (Å²) in [5.41, 5.74) is 3.52. The fraction of sp³-hybridized carbons (Fsp3) is 0.545. The Morgan fingerprint density at radius 2 is 2.03 bits per heavy atom. The molecule has 2 aromatic rings. The molecular weight excluding hydrogens is 366 g/mol. The summed E-state index contributed by atoms with van der Waals surface area (Å²) in [5, 5.41) is 19.0. The maximum Gasteiger partial charge on any atom is 0.145 e. The van der Waals surface area contributed by atoms with Gasteiger partial charge in [0.1, 0.15) is 17.4 Å². The molecule has 156 valence electrons. The van der Waals surface area contributed by atoms with Gasteiger partial charge in [0, 0.05) is 31.9 Å². The monoisotopic (exact) mass is 397 g/mol. The number of fused-ring (bicyclic) bond motifs is 1. The van der Waals surface area contributed by atoms with Gasteiger partial charge >= 0.3 is 0 Å². The number of hydrogen-bond donors (Lipinski definition) is 3. The molecule has 0 spiro atoms. The molecule has 7 heteroatoms. The van der Waals surface area contributed by atoms with Crippen LogP contribution in [0.5, 0.6) is 0 Å². The van der Waals surface area contributed by atoms with Crippen molar-refractivity contribution in [3.63, 3.8) is 0 Å². The second kappa shape index (κ2) is 8.45. The van der Waals surface area contributed by atoms with Crippen LogP contribution in [0.4, 0.5) is 5.69 Å². The van der Waals surface area contributed by atoms with Crippen LogP contribution in [0.2, 0.25) is 0 Å². The molecule has 1 fully saturated rings. The van der Waals surface area contributed by atoms with E-state index in [0.717, 1.165) is 30.5 Å². The van der Waals surface area contributed by atoms with Crippen LogP contribution < -0.4 is 4.90 Å². The lowest BCUT2D eigenvalue weighted by Crippen LogP contribution is -2.29. The van der Waals surface area contributed by atoms with E-state index in [9.17, 15) is 5.11 Å². The van der Waals surface area contributed by atoms with E-state index in [2.05, 4.69) is 27.0 Å². The molecule has 7 nitrogen and oxygen atoms in total. The van der Waals surface area contributed by atoms with Gasteiger partial charge in [0.25, 0.3) is 0 Å². The van der Waals surface area contributed by atoms with Crippen LogP contribution in [0.25, 0.3) is 16.6 Å².